The van der Waals surface area contributed by atoms with Crippen molar-refractivity contribution in [1.82, 2.24) is 4.72 Å². The number of anilines is 1. The molecule has 2 aromatic carbocycles. The van der Waals surface area contributed by atoms with Crippen LogP contribution in [0.4, 0.5) is 5.69 Å². The number of carbonyl (C=O) groups excluding carboxylic acids is 1. The average molecular weight is 346 g/mol. The molecule has 0 saturated carbocycles. The Morgan fingerprint density at radius 2 is 1.50 bits per heavy atom. The van der Waals surface area contributed by atoms with E-state index in [0.717, 1.165) is 0 Å². The molecule has 0 aliphatic rings. The third-order valence-corrected chi connectivity index (χ3v) is 5.18. The zero-order chi connectivity index (χ0) is 17.7. The van der Waals surface area contributed by atoms with Gasteiger partial charge in [-0.25, -0.2) is 8.42 Å². The van der Waals surface area contributed by atoms with Crippen LogP contribution in [-0.4, -0.2) is 20.4 Å². The fraction of sp³-hybridized carbons (Fsp3) is 0.278. The number of nitrogens with one attached hydrogen (secondary N) is 2. The zero-order valence-corrected chi connectivity index (χ0v) is 14.8. The normalized spacial score (nSPS) is 12.8. The number of sulfonamides is 1. The first kappa shape index (κ1) is 18.2. The van der Waals surface area contributed by atoms with Crippen LogP contribution in [0.2, 0.25) is 0 Å². The van der Waals surface area contributed by atoms with Crippen LogP contribution in [0.1, 0.15) is 32.3 Å². The molecule has 0 saturated heterocycles. The summed E-state index contributed by atoms with van der Waals surface area (Å²) >= 11 is 0. The SMILES string of the molecule is CC(C)c1ccc(NC(=O)[C@@H](C)NS(=O)(=O)c2ccccc2)cc1. The Morgan fingerprint density at radius 1 is 0.917 bits per heavy atom. The number of amides is 1. The van der Waals surface area contributed by atoms with Crippen molar-refractivity contribution >= 4 is 21.6 Å². The van der Waals surface area contributed by atoms with Crippen molar-refractivity contribution in [2.45, 2.75) is 37.6 Å². The van der Waals surface area contributed by atoms with Crippen molar-refractivity contribution in [3.8, 4) is 0 Å². The molecule has 0 unspecified atom stereocenters. The molecule has 2 rings (SSSR count). The highest BCUT2D eigenvalue weighted by molar-refractivity contribution is 7.89. The fourth-order valence-electron chi connectivity index (χ4n) is 2.16. The Labute approximate surface area is 143 Å². The van der Waals surface area contributed by atoms with E-state index in [1.54, 1.807) is 18.2 Å². The molecule has 0 fully saturated rings. The van der Waals surface area contributed by atoms with E-state index in [0.29, 0.717) is 11.6 Å². The molecule has 0 aromatic heterocycles. The van der Waals surface area contributed by atoms with Crippen molar-refractivity contribution in [2.75, 3.05) is 5.32 Å². The highest BCUT2D eigenvalue weighted by Crippen LogP contribution is 2.17. The van der Waals surface area contributed by atoms with Crippen LogP contribution in [0, 0.1) is 0 Å². The summed E-state index contributed by atoms with van der Waals surface area (Å²) in [5.74, 6) is -0.00170. The van der Waals surface area contributed by atoms with Crippen LogP contribution in [0.15, 0.2) is 59.5 Å². The van der Waals surface area contributed by atoms with Gasteiger partial charge >= 0.3 is 0 Å². The molecule has 1 atom stereocenters. The summed E-state index contributed by atoms with van der Waals surface area (Å²) in [4.78, 5) is 12.3. The number of hydrogen-bond acceptors (Lipinski definition) is 3. The van der Waals surface area contributed by atoms with E-state index in [4.69, 9.17) is 0 Å². The molecule has 24 heavy (non-hydrogen) atoms. The summed E-state index contributed by atoms with van der Waals surface area (Å²) in [7, 11) is -3.73. The monoisotopic (exact) mass is 346 g/mol. The van der Waals surface area contributed by atoms with E-state index < -0.39 is 22.0 Å². The Morgan fingerprint density at radius 3 is 2.04 bits per heavy atom. The van der Waals surface area contributed by atoms with E-state index in [1.165, 1.54) is 24.6 Å². The smallest absolute Gasteiger partial charge is 0.242 e. The molecular formula is C18H22N2O3S. The second-order valence-electron chi connectivity index (χ2n) is 5.92. The molecule has 2 N–H and O–H groups in total. The van der Waals surface area contributed by atoms with Gasteiger partial charge in [0.1, 0.15) is 0 Å². The van der Waals surface area contributed by atoms with Crippen molar-refractivity contribution in [1.29, 1.82) is 0 Å². The van der Waals surface area contributed by atoms with Crippen LogP contribution < -0.4 is 10.0 Å². The van der Waals surface area contributed by atoms with E-state index in [1.807, 2.05) is 24.3 Å². The second kappa shape index (κ2) is 7.59. The second-order valence-corrected chi connectivity index (χ2v) is 7.64. The van der Waals surface area contributed by atoms with Gasteiger partial charge in [0.2, 0.25) is 15.9 Å². The highest BCUT2D eigenvalue weighted by atomic mass is 32.2. The molecule has 0 heterocycles. The number of benzene rings is 2. The van der Waals surface area contributed by atoms with Gasteiger partial charge in [-0.1, -0.05) is 44.2 Å². The van der Waals surface area contributed by atoms with E-state index in [-0.39, 0.29) is 4.90 Å². The van der Waals surface area contributed by atoms with Crippen molar-refractivity contribution in [2.24, 2.45) is 0 Å². The van der Waals surface area contributed by atoms with Gasteiger partial charge in [0.15, 0.2) is 0 Å². The molecule has 128 valence electrons. The van der Waals surface area contributed by atoms with Crippen LogP contribution in [0.3, 0.4) is 0 Å². The average Bonchev–Trinajstić information content (AvgIpc) is 2.55. The van der Waals surface area contributed by atoms with Crippen molar-refractivity contribution < 1.29 is 13.2 Å². The van der Waals surface area contributed by atoms with Gasteiger partial charge in [0.25, 0.3) is 0 Å². The lowest BCUT2D eigenvalue weighted by Gasteiger charge is -2.15. The standard InChI is InChI=1S/C18H22N2O3S/c1-13(2)15-9-11-16(12-10-15)19-18(21)14(3)20-24(22,23)17-7-5-4-6-8-17/h4-14,20H,1-3H3,(H,19,21)/t14-/m1/s1. The highest BCUT2D eigenvalue weighted by Gasteiger charge is 2.21. The predicted octanol–water partition coefficient (Wildman–Crippen LogP) is 3.12. The van der Waals surface area contributed by atoms with Crippen molar-refractivity contribution in [3.05, 3.63) is 60.2 Å². The summed E-state index contributed by atoms with van der Waals surface area (Å²) in [6, 6.07) is 14.6. The minimum atomic E-state index is -3.73. The zero-order valence-electron chi connectivity index (χ0n) is 14.0. The van der Waals surface area contributed by atoms with Gasteiger partial charge in [-0.15, -0.1) is 0 Å². The third-order valence-electron chi connectivity index (χ3n) is 3.62. The molecule has 1 amide bonds. The summed E-state index contributed by atoms with van der Waals surface area (Å²) in [5.41, 5.74) is 1.81. The number of hydrogen-bond donors (Lipinski definition) is 2. The molecule has 6 heteroatoms. The minimum absolute atomic E-state index is 0.130. The minimum Gasteiger partial charge on any atom is -0.325 e. The van der Waals surface area contributed by atoms with Gasteiger partial charge < -0.3 is 5.32 Å². The topological polar surface area (TPSA) is 75.3 Å². The lowest BCUT2D eigenvalue weighted by Crippen LogP contribution is -2.41. The fourth-order valence-corrected chi connectivity index (χ4v) is 3.38. The number of carbonyl (C=O) groups is 1. The first-order valence-electron chi connectivity index (χ1n) is 7.78. The Balaban J connectivity index is 2.02. The molecule has 0 aliphatic heterocycles. The van der Waals surface area contributed by atoms with E-state index >= 15 is 0 Å². The Kier molecular flexibility index (Phi) is 5.75. The molecular weight excluding hydrogens is 324 g/mol. The molecule has 0 aliphatic carbocycles. The number of rotatable bonds is 6. The van der Waals surface area contributed by atoms with E-state index in [2.05, 4.69) is 23.9 Å². The maximum absolute atomic E-state index is 12.2. The summed E-state index contributed by atoms with van der Waals surface area (Å²) < 4.78 is 26.8. The van der Waals surface area contributed by atoms with E-state index in [9.17, 15) is 13.2 Å². The lowest BCUT2D eigenvalue weighted by molar-refractivity contribution is -0.117. The van der Waals surface area contributed by atoms with Gasteiger partial charge in [-0.3, -0.25) is 4.79 Å². The molecule has 5 nitrogen and oxygen atoms in total. The lowest BCUT2D eigenvalue weighted by atomic mass is 10.0. The largest absolute Gasteiger partial charge is 0.325 e. The molecule has 0 radical (unpaired) electrons. The van der Waals surface area contributed by atoms with Gasteiger partial charge in [-0.2, -0.15) is 4.72 Å². The predicted molar refractivity (Wildman–Crippen MR) is 95.4 cm³/mol. The summed E-state index contributed by atoms with van der Waals surface area (Å²) in [6.45, 7) is 5.69. The Hall–Kier alpha value is -2.18. The maximum atomic E-state index is 12.2. The maximum Gasteiger partial charge on any atom is 0.242 e. The molecule has 0 bridgehead atoms. The summed E-state index contributed by atoms with van der Waals surface area (Å²) in [5, 5.41) is 2.72. The molecule has 2 aromatic rings. The van der Waals surface area contributed by atoms with Gasteiger partial charge in [-0.05, 0) is 42.7 Å². The van der Waals surface area contributed by atoms with Crippen LogP contribution >= 0.6 is 0 Å². The van der Waals surface area contributed by atoms with Gasteiger partial charge in [0.05, 0.1) is 10.9 Å². The molecule has 0 spiro atoms. The first-order valence-corrected chi connectivity index (χ1v) is 9.26. The first-order chi connectivity index (χ1) is 11.3. The van der Waals surface area contributed by atoms with Crippen LogP contribution in [-0.2, 0) is 14.8 Å². The Bertz CT molecular complexity index is 785. The van der Waals surface area contributed by atoms with Crippen molar-refractivity contribution in [3.63, 3.8) is 0 Å². The third kappa shape index (κ3) is 4.66. The van der Waals surface area contributed by atoms with Crippen LogP contribution in [0.5, 0.6) is 0 Å². The quantitative estimate of drug-likeness (QED) is 0.844. The van der Waals surface area contributed by atoms with Crippen LogP contribution in [0.25, 0.3) is 0 Å². The van der Waals surface area contributed by atoms with Gasteiger partial charge in [0, 0.05) is 5.69 Å². The summed E-state index contributed by atoms with van der Waals surface area (Å²) in [6.07, 6.45) is 0.